The van der Waals surface area contributed by atoms with E-state index in [2.05, 4.69) is 24.1 Å². The van der Waals surface area contributed by atoms with Crippen LogP contribution in [0.5, 0.6) is 0 Å². The normalized spacial score (nSPS) is 31.2. The highest BCUT2D eigenvalue weighted by Gasteiger charge is 2.32. The van der Waals surface area contributed by atoms with Gasteiger partial charge >= 0.3 is 0 Å². The average molecular weight is 238 g/mol. The molecule has 0 aromatic rings. The Morgan fingerprint density at radius 2 is 2.00 bits per heavy atom. The Morgan fingerprint density at radius 1 is 1.18 bits per heavy atom. The van der Waals surface area contributed by atoms with Crippen LogP contribution in [-0.4, -0.2) is 37.1 Å². The lowest BCUT2D eigenvalue weighted by atomic mass is 9.89. The summed E-state index contributed by atoms with van der Waals surface area (Å²) in [5, 5.41) is 3.59. The van der Waals surface area contributed by atoms with Crippen molar-refractivity contribution >= 4 is 0 Å². The molecule has 2 heterocycles. The number of nitrogens with one attached hydrogen (secondary N) is 1. The fourth-order valence-electron chi connectivity index (χ4n) is 3.70. The van der Waals surface area contributed by atoms with Gasteiger partial charge in [-0.2, -0.15) is 0 Å². The largest absolute Gasteiger partial charge is 0.316 e. The molecule has 2 rings (SSSR count). The van der Waals surface area contributed by atoms with Crippen LogP contribution in [0.2, 0.25) is 0 Å². The van der Waals surface area contributed by atoms with Crippen LogP contribution in [0.3, 0.4) is 0 Å². The van der Waals surface area contributed by atoms with Gasteiger partial charge in [-0.3, -0.25) is 4.90 Å². The molecule has 0 radical (unpaired) electrons. The van der Waals surface area contributed by atoms with E-state index in [0.29, 0.717) is 0 Å². The average Bonchev–Trinajstić information content (AvgIpc) is 2.85. The van der Waals surface area contributed by atoms with Gasteiger partial charge in [0, 0.05) is 12.6 Å². The molecule has 17 heavy (non-hydrogen) atoms. The Labute approximate surface area is 107 Å². The smallest absolute Gasteiger partial charge is 0.0136 e. The molecular weight excluding hydrogens is 208 g/mol. The minimum Gasteiger partial charge on any atom is -0.316 e. The predicted octanol–water partition coefficient (Wildman–Crippen LogP) is 2.89. The van der Waals surface area contributed by atoms with Crippen LogP contribution < -0.4 is 5.32 Å². The van der Waals surface area contributed by atoms with Crippen molar-refractivity contribution < 1.29 is 0 Å². The SMILES string of the molecule is CCC(CC)CN1CCCC1C1CCCNC1. The van der Waals surface area contributed by atoms with E-state index < -0.39 is 0 Å². The minimum atomic E-state index is 0.892. The molecule has 1 N–H and O–H groups in total. The van der Waals surface area contributed by atoms with Gasteiger partial charge < -0.3 is 5.32 Å². The second kappa shape index (κ2) is 6.75. The summed E-state index contributed by atoms with van der Waals surface area (Å²) in [5.41, 5.74) is 0. The Hall–Kier alpha value is -0.0800. The highest BCUT2D eigenvalue weighted by molar-refractivity contribution is 4.88. The van der Waals surface area contributed by atoms with E-state index >= 15 is 0 Å². The van der Waals surface area contributed by atoms with Crippen LogP contribution in [0, 0.1) is 11.8 Å². The Morgan fingerprint density at radius 3 is 2.65 bits per heavy atom. The lowest BCUT2D eigenvalue weighted by Gasteiger charge is -2.36. The van der Waals surface area contributed by atoms with Gasteiger partial charge in [0.1, 0.15) is 0 Å². The molecular formula is C15H30N2. The summed E-state index contributed by atoms with van der Waals surface area (Å²) < 4.78 is 0. The summed E-state index contributed by atoms with van der Waals surface area (Å²) in [4.78, 5) is 2.81. The van der Waals surface area contributed by atoms with Crippen molar-refractivity contribution in [1.82, 2.24) is 10.2 Å². The van der Waals surface area contributed by atoms with Crippen molar-refractivity contribution in [2.24, 2.45) is 11.8 Å². The second-order valence-electron chi connectivity index (χ2n) is 5.99. The van der Waals surface area contributed by atoms with Crippen LogP contribution >= 0.6 is 0 Å². The molecule has 2 fully saturated rings. The van der Waals surface area contributed by atoms with Gasteiger partial charge in [0.25, 0.3) is 0 Å². The molecule has 0 aliphatic carbocycles. The van der Waals surface area contributed by atoms with Crippen molar-refractivity contribution in [2.75, 3.05) is 26.2 Å². The first-order valence-corrected chi connectivity index (χ1v) is 7.79. The highest BCUT2D eigenvalue weighted by Crippen LogP contribution is 2.29. The van der Waals surface area contributed by atoms with Crippen molar-refractivity contribution in [3.63, 3.8) is 0 Å². The van der Waals surface area contributed by atoms with Crippen molar-refractivity contribution in [3.8, 4) is 0 Å². The number of nitrogens with zero attached hydrogens (tertiary/aromatic N) is 1. The van der Waals surface area contributed by atoms with Gasteiger partial charge in [0.15, 0.2) is 0 Å². The maximum absolute atomic E-state index is 3.59. The molecule has 0 bridgehead atoms. The maximum atomic E-state index is 3.59. The Balaban J connectivity index is 1.87. The summed E-state index contributed by atoms with van der Waals surface area (Å²) in [7, 11) is 0. The number of hydrogen-bond acceptors (Lipinski definition) is 2. The van der Waals surface area contributed by atoms with E-state index in [0.717, 1.165) is 17.9 Å². The molecule has 2 aliphatic rings. The molecule has 2 aliphatic heterocycles. The molecule has 0 spiro atoms. The molecule has 2 saturated heterocycles. The van der Waals surface area contributed by atoms with Crippen LogP contribution in [-0.2, 0) is 0 Å². The van der Waals surface area contributed by atoms with E-state index in [-0.39, 0.29) is 0 Å². The van der Waals surface area contributed by atoms with Crippen LogP contribution in [0.25, 0.3) is 0 Å². The summed E-state index contributed by atoms with van der Waals surface area (Å²) in [5.74, 6) is 1.85. The zero-order chi connectivity index (χ0) is 12.1. The zero-order valence-corrected chi connectivity index (χ0v) is 11.8. The fourth-order valence-corrected chi connectivity index (χ4v) is 3.70. The quantitative estimate of drug-likeness (QED) is 0.792. The molecule has 2 unspecified atom stereocenters. The highest BCUT2D eigenvalue weighted by atomic mass is 15.2. The summed E-state index contributed by atoms with van der Waals surface area (Å²) in [6, 6.07) is 0.892. The molecule has 0 saturated carbocycles. The topological polar surface area (TPSA) is 15.3 Å². The molecule has 0 aromatic heterocycles. The molecule has 2 heteroatoms. The Bertz CT molecular complexity index is 207. The van der Waals surface area contributed by atoms with Gasteiger partial charge in [-0.25, -0.2) is 0 Å². The van der Waals surface area contributed by atoms with Gasteiger partial charge in [0.05, 0.1) is 0 Å². The van der Waals surface area contributed by atoms with Crippen molar-refractivity contribution in [1.29, 1.82) is 0 Å². The minimum absolute atomic E-state index is 0.892. The zero-order valence-electron chi connectivity index (χ0n) is 11.8. The first-order valence-electron chi connectivity index (χ1n) is 7.79. The van der Waals surface area contributed by atoms with E-state index in [1.165, 1.54) is 64.7 Å². The van der Waals surface area contributed by atoms with Crippen molar-refractivity contribution in [2.45, 2.75) is 58.4 Å². The molecule has 2 atom stereocenters. The third-order valence-electron chi connectivity index (χ3n) is 4.94. The lowest BCUT2D eigenvalue weighted by molar-refractivity contribution is 0.142. The fraction of sp³-hybridized carbons (Fsp3) is 1.00. The number of likely N-dealkylation sites (tertiary alicyclic amines) is 1. The van der Waals surface area contributed by atoms with Crippen LogP contribution in [0.4, 0.5) is 0 Å². The first-order chi connectivity index (χ1) is 8.35. The maximum Gasteiger partial charge on any atom is 0.0136 e. The van der Waals surface area contributed by atoms with E-state index in [1.807, 2.05) is 0 Å². The van der Waals surface area contributed by atoms with Gasteiger partial charge in [-0.1, -0.05) is 26.7 Å². The third-order valence-corrected chi connectivity index (χ3v) is 4.94. The van der Waals surface area contributed by atoms with E-state index in [1.54, 1.807) is 0 Å². The summed E-state index contributed by atoms with van der Waals surface area (Å²) in [6.45, 7) is 9.93. The Kier molecular flexibility index (Phi) is 5.30. The second-order valence-corrected chi connectivity index (χ2v) is 5.99. The molecule has 100 valence electrons. The first kappa shape index (κ1) is 13.4. The summed E-state index contributed by atoms with van der Waals surface area (Å²) >= 11 is 0. The van der Waals surface area contributed by atoms with Crippen LogP contribution in [0.15, 0.2) is 0 Å². The standard InChI is InChI=1S/C15H30N2/c1-3-13(4-2)12-17-10-6-8-15(17)14-7-5-9-16-11-14/h13-16H,3-12H2,1-2H3. The van der Waals surface area contributed by atoms with E-state index in [9.17, 15) is 0 Å². The van der Waals surface area contributed by atoms with Gasteiger partial charge in [-0.05, 0) is 57.2 Å². The lowest BCUT2D eigenvalue weighted by Crippen LogP contribution is -2.44. The van der Waals surface area contributed by atoms with Gasteiger partial charge in [-0.15, -0.1) is 0 Å². The van der Waals surface area contributed by atoms with Crippen molar-refractivity contribution in [3.05, 3.63) is 0 Å². The number of hydrogen-bond donors (Lipinski definition) is 1. The third kappa shape index (κ3) is 3.45. The number of piperidine rings is 1. The summed E-state index contributed by atoms with van der Waals surface area (Å²) in [6.07, 6.45) is 8.43. The number of rotatable bonds is 5. The van der Waals surface area contributed by atoms with E-state index in [4.69, 9.17) is 0 Å². The predicted molar refractivity (Wildman–Crippen MR) is 74.3 cm³/mol. The van der Waals surface area contributed by atoms with Gasteiger partial charge in [0.2, 0.25) is 0 Å². The molecule has 0 aromatic carbocycles. The molecule has 0 amide bonds. The van der Waals surface area contributed by atoms with Crippen LogP contribution in [0.1, 0.15) is 52.4 Å². The monoisotopic (exact) mass is 238 g/mol. The molecule has 2 nitrogen and oxygen atoms in total.